The van der Waals surface area contributed by atoms with Crippen LogP contribution in [0.15, 0.2) is 0 Å². The second-order valence-electron chi connectivity index (χ2n) is 12.6. The smallest absolute Gasteiger partial charge is 0.325 e. The Balaban J connectivity index is 5.88. The van der Waals surface area contributed by atoms with Gasteiger partial charge in [-0.3, -0.25) is 43.2 Å². The van der Waals surface area contributed by atoms with Gasteiger partial charge in [0.1, 0.15) is 36.3 Å². The summed E-state index contributed by atoms with van der Waals surface area (Å²) in [5, 5.41) is 41.5. The first-order valence-corrected chi connectivity index (χ1v) is 16.6. The van der Waals surface area contributed by atoms with Crippen LogP contribution in [0.5, 0.6) is 0 Å². The quantitative estimate of drug-likeness (QED) is 0.0425. The van der Waals surface area contributed by atoms with Crippen molar-refractivity contribution in [3.8, 4) is 0 Å². The van der Waals surface area contributed by atoms with Gasteiger partial charge in [0.25, 0.3) is 0 Å². The third-order valence-corrected chi connectivity index (χ3v) is 7.44. The number of aliphatic carboxylic acids is 3. The standard InChI is InChI=1S/C31H54N8O12/c1-15(2)14-19(33)27(46)38-21(9-11-23(40)41)29(48)35-17(4)26(45)37-22(10-12-24(42)43)30(49)39-20(8-6-7-13-32)28(47)34-16(3)25(44)36-18(5)31(50)51/h15-22H,6-14,32-33H2,1-5H3,(H,34,47)(H,35,48)(H,36,44)(H,37,45)(H,38,46)(H,39,49)(H,40,41)(H,42,43)(H,50,51). The van der Waals surface area contributed by atoms with E-state index >= 15 is 0 Å². The summed E-state index contributed by atoms with van der Waals surface area (Å²) in [4.78, 5) is 111. The fraction of sp³-hybridized carbons (Fsp3) is 0.710. The molecule has 0 heterocycles. The lowest BCUT2D eigenvalue weighted by atomic mass is 10.0. The second kappa shape index (κ2) is 23.5. The van der Waals surface area contributed by atoms with Gasteiger partial charge in [-0.05, 0) is 71.8 Å². The van der Waals surface area contributed by atoms with Crippen molar-refractivity contribution in [2.45, 2.75) is 128 Å². The Labute approximate surface area is 296 Å². The van der Waals surface area contributed by atoms with Crippen molar-refractivity contribution in [2.24, 2.45) is 17.4 Å². The number of amides is 6. The van der Waals surface area contributed by atoms with Gasteiger partial charge >= 0.3 is 17.9 Å². The lowest BCUT2D eigenvalue weighted by Gasteiger charge is -2.26. The zero-order chi connectivity index (χ0) is 39.4. The highest BCUT2D eigenvalue weighted by atomic mass is 16.4. The van der Waals surface area contributed by atoms with Crippen molar-refractivity contribution in [1.29, 1.82) is 0 Å². The van der Waals surface area contributed by atoms with Gasteiger partial charge in [0.15, 0.2) is 0 Å². The van der Waals surface area contributed by atoms with Gasteiger partial charge in [-0.1, -0.05) is 13.8 Å². The Morgan fingerprint density at radius 3 is 1.29 bits per heavy atom. The molecule has 0 aromatic rings. The first-order valence-electron chi connectivity index (χ1n) is 16.6. The minimum absolute atomic E-state index is 0.0327. The van der Waals surface area contributed by atoms with E-state index in [9.17, 15) is 48.3 Å². The van der Waals surface area contributed by atoms with Crippen LogP contribution in [0, 0.1) is 5.92 Å². The van der Waals surface area contributed by atoms with Crippen LogP contribution in [-0.2, 0) is 43.2 Å². The number of hydrogen-bond donors (Lipinski definition) is 11. The molecule has 20 heteroatoms. The minimum Gasteiger partial charge on any atom is -0.481 e. The Kier molecular flexibility index (Phi) is 21.3. The highest BCUT2D eigenvalue weighted by Gasteiger charge is 2.32. The first kappa shape index (κ1) is 46.1. The van der Waals surface area contributed by atoms with E-state index in [0.29, 0.717) is 12.8 Å². The second-order valence-corrected chi connectivity index (χ2v) is 12.6. The van der Waals surface area contributed by atoms with E-state index in [2.05, 4.69) is 31.9 Å². The topological polar surface area (TPSA) is 339 Å². The number of nitrogens with one attached hydrogen (secondary N) is 6. The van der Waals surface area contributed by atoms with Crippen LogP contribution in [0.3, 0.4) is 0 Å². The summed E-state index contributed by atoms with van der Waals surface area (Å²) in [7, 11) is 0. The van der Waals surface area contributed by atoms with Gasteiger partial charge < -0.3 is 58.7 Å². The first-order chi connectivity index (χ1) is 23.7. The Morgan fingerprint density at radius 2 is 0.882 bits per heavy atom. The number of carbonyl (C=O) groups excluding carboxylic acids is 6. The van der Waals surface area contributed by atoms with E-state index in [-0.39, 0.29) is 31.7 Å². The normalized spacial score (nSPS) is 15.1. The van der Waals surface area contributed by atoms with E-state index in [1.807, 2.05) is 13.8 Å². The molecule has 20 nitrogen and oxygen atoms in total. The number of carboxylic acids is 3. The lowest BCUT2D eigenvalue weighted by Crippen LogP contribution is -2.59. The van der Waals surface area contributed by atoms with E-state index in [1.54, 1.807) is 0 Å². The van der Waals surface area contributed by atoms with Gasteiger partial charge in [-0.15, -0.1) is 0 Å². The summed E-state index contributed by atoms with van der Waals surface area (Å²) in [5.74, 6) is -8.95. The molecule has 290 valence electrons. The number of unbranched alkanes of at least 4 members (excludes halogenated alkanes) is 1. The maximum atomic E-state index is 13.4. The van der Waals surface area contributed by atoms with Crippen LogP contribution in [0.4, 0.5) is 0 Å². The molecule has 0 saturated carbocycles. The minimum atomic E-state index is -1.52. The molecule has 0 aliphatic carbocycles. The monoisotopic (exact) mass is 730 g/mol. The fourth-order valence-electron chi connectivity index (χ4n) is 4.46. The van der Waals surface area contributed by atoms with Crippen molar-refractivity contribution in [3.63, 3.8) is 0 Å². The van der Waals surface area contributed by atoms with Crippen molar-refractivity contribution >= 4 is 53.4 Å². The molecule has 0 aromatic heterocycles. The van der Waals surface area contributed by atoms with Gasteiger partial charge in [-0.25, -0.2) is 0 Å². The van der Waals surface area contributed by atoms with Crippen molar-refractivity contribution in [2.75, 3.05) is 6.54 Å². The average molecular weight is 731 g/mol. The van der Waals surface area contributed by atoms with Gasteiger partial charge in [-0.2, -0.15) is 0 Å². The molecular formula is C31H54N8O12. The number of hydrogen-bond acceptors (Lipinski definition) is 11. The highest BCUT2D eigenvalue weighted by molar-refractivity contribution is 5.97. The lowest BCUT2D eigenvalue weighted by molar-refractivity contribution is -0.142. The zero-order valence-corrected chi connectivity index (χ0v) is 29.7. The van der Waals surface area contributed by atoms with Gasteiger partial charge in [0.2, 0.25) is 35.4 Å². The Bertz CT molecular complexity index is 1250. The number of carboxylic acid groups (broad SMARTS) is 3. The van der Waals surface area contributed by atoms with E-state index in [1.165, 1.54) is 20.8 Å². The average Bonchev–Trinajstić information content (AvgIpc) is 3.03. The van der Waals surface area contributed by atoms with Crippen LogP contribution in [0.1, 0.15) is 86.0 Å². The molecular weight excluding hydrogens is 676 g/mol. The molecule has 0 aromatic carbocycles. The molecule has 0 saturated heterocycles. The summed E-state index contributed by atoms with van der Waals surface area (Å²) in [5.41, 5.74) is 11.4. The molecule has 0 rings (SSSR count). The molecule has 7 atom stereocenters. The molecule has 7 unspecified atom stereocenters. The van der Waals surface area contributed by atoms with Crippen LogP contribution < -0.4 is 43.4 Å². The van der Waals surface area contributed by atoms with Crippen LogP contribution >= 0.6 is 0 Å². The Hall–Kier alpha value is -4.85. The van der Waals surface area contributed by atoms with Gasteiger partial charge in [0.05, 0.1) is 6.04 Å². The molecule has 6 amide bonds. The molecule has 0 spiro atoms. The van der Waals surface area contributed by atoms with Crippen molar-refractivity contribution in [1.82, 2.24) is 31.9 Å². The molecule has 0 aliphatic heterocycles. The molecule has 0 fully saturated rings. The molecule has 13 N–H and O–H groups in total. The maximum absolute atomic E-state index is 13.4. The van der Waals surface area contributed by atoms with Crippen molar-refractivity contribution < 1.29 is 58.5 Å². The highest BCUT2D eigenvalue weighted by Crippen LogP contribution is 2.07. The summed E-state index contributed by atoms with van der Waals surface area (Å²) >= 11 is 0. The molecule has 0 aliphatic rings. The molecule has 0 bridgehead atoms. The summed E-state index contributed by atoms with van der Waals surface area (Å²) < 4.78 is 0. The van der Waals surface area contributed by atoms with E-state index in [0.717, 1.165) is 0 Å². The van der Waals surface area contributed by atoms with Crippen LogP contribution in [0.2, 0.25) is 0 Å². The number of carbonyl (C=O) groups is 9. The SMILES string of the molecule is CC(C)CC(N)C(=O)NC(CCC(=O)O)C(=O)NC(C)C(=O)NC(CCC(=O)O)C(=O)NC(CCCCN)C(=O)NC(C)C(=O)NC(C)C(=O)O. The van der Waals surface area contributed by atoms with Crippen LogP contribution in [-0.4, -0.2) is 118 Å². The molecule has 51 heavy (non-hydrogen) atoms. The predicted molar refractivity (Wildman–Crippen MR) is 180 cm³/mol. The number of rotatable bonds is 25. The van der Waals surface area contributed by atoms with E-state index in [4.69, 9.17) is 21.7 Å². The Morgan fingerprint density at radius 1 is 0.510 bits per heavy atom. The largest absolute Gasteiger partial charge is 0.481 e. The predicted octanol–water partition coefficient (Wildman–Crippen LogP) is -2.73. The van der Waals surface area contributed by atoms with Crippen LogP contribution in [0.25, 0.3) is 0 Å². The molecule has 0 radical (unpaired) electrons. The summed E-state index contributed by atoms with van der Waals surface area (Å²) in [6, 6.07) is -8.99. The van der Waals surface area contributed by atoms with Crippen molar-refractivity contribution in [3.05, 3.63) is 0 Å². The summed E-state index contributed by atoms with van der Waals surface area (Å²) in [6.45, 7) is 7.68. The fourth-order valence-corrected chi connectivity index (χ4v) is 4.46. The van der Waals surface area contributed by atoms with E-state index < -0.39 is 115 Å². The summed E-state index contributed by atoms with van der Waals surface area (Å²) in [6.07, 6.45) is -0.711. The number of nitrogens with two attached hydrogens (primary N) is 2. The maximum Gasteiger partial charge on any atom is 0.325 e. The zero-order valence-electron chi connectivity index (χ0n) is 29.7. The van der Waals surface area contributed by atoms with Gasteiger partial charge in [0, 0.05) is 12.8 Å². The third kappa shape index (κ3) is 19.2. The third-order valence-electron chi connectivity index (χ3n) is 7.44.